The second-order valence-corrected chi connectivity index (χ2v) is 10.3. The van der Waals surface area contributed by atoms with Gasteiger partial charge in [-0.25, -0.2) is 9.78 Å². The Kier molecular flexibility index (Phi) is 5.40. The highest BCUT2D eigenvalue weighted by atomic mass is 79.9. The molecule has 4 rings (SSSR count). The number of nitrogens with zero attached hydrogens (tertiary/aromatic N) is 3. The number of aryl methyl sites for hydroxylation is 1. The zero-order chi connectivity index (χ0) is 20.8. The zero-order valence-corrected chi connectivity index (χ0v) is 19.3. The molecule has 0 aliphatic carbocycles. The number of fused-ring (bicyclic) bond motifs is 1. The van der Waals surface area contributed by atoms with Gasteiger partial charge in [-0.3, -0.25) is 0 Å². The van der Waals surface area contributed by atoms with Crippen LogP contribution in [-0.4, -0.2) is 51.4 Å². The first-order chi connectivity index (χ1) is 13.7. The van der Waals surface area contributed by atoms with E-state index in [1.165, 1.54) is 10.9 Å². The molecule has 4 heterocycles. The van der Waals surface area contributed by atoms with E-state index >= 15 is 0 Å². The van der Waals surface area contributed by atoms with Crippen molar-refractivity contribution in [3.63, 3.8) is 0 Å². The summed E-state index contributed by atoms with van der Waals surface area (Å²) < 4.78 is 15.2. The number of carbonyl (C=O) groups excluding carboxylic acids is 1. The maximum Gasteiger partial charge on any atom is 0.410 e. The largest absolute Gasteiger partial charge is 0.444 e. The summed E-state index contributed by atoms with van der Waals surface area (Å²) in [7, 11) is 0. The molecule has 2 aliphatic heterocycles. The summed E-state index contributed by atoms with van der Waals surface area (Å²) in [4.78, 5) is 18.8. The van der Waals surface area contributed by atoms with Crippen LogP contribution in [0.15, 0.2) is 22.9 Å². The van der Waals surface area contributed by atoms with Crippen molar-refractivity contribution in [2.75, 3.05) is 19.7 Å². The summed E-state index contributed by atoms with van der Waals surface area (Å²) in [5.41, 5.74) is 1.70. The fraction of sp³-hybridized carbons (Fsp3) is 0.636. The van der Waals surface area contributed by atoms with Crippen LogP contribution in [0.3, 0.4) is 0 Å². The minimum absolute atomic E-state index is 0.108. The number of hydrogen-bond donors (Lipinski definition) is 0. The van der Waals surface area contributed by atoms with Crippen molar-refractivity contribution in [3.8, 4) is 0 Å². The lowest BCUT2D eigenvalue weighted by Gasteiger charge is -2.45. The van der Waals surface area contributed by atoms with Gasteiger partial charge in [-0.2, -0.15) is 0 Å². The molecular formula is C22H30BrN3O3. The number of aromatic nitrogens is 2. The zero-order valence-electron chi connectivity index (χ0n) is 17.7. The third-order valence-corrected chi connectivity index (χ3v) is 6.50. The molecule has 2 aliphatic rings. The first-order valence-electron chi connectivity index (χ1n) is 10.4. The number of halogens is 1. The van der Waals surface area contributed by atoms with Gasteiger partial charge in [0, 0.05) is 35.3 Å². The Labute approximate surface area is 180 Å². The molecular weight excluding hydrogens is 434 g/mol. The van der Waals surface area contributed by atoms with Crippen LogP contribution in [0.1, 0.15) is 58.1 Å². The summed E-state index contributed by atoms with van der Waals surface area (Å²) >= 11 is 3.52. The quantitative estimate of drug-likeness (QED) is 0.580. The maximum atomic E-state index is 12.3. The predicted octanol–water partition coefficient (Wildman–Crippen LogP) is 5.23. The molecule has 1 amide bonds. The van der Waals surface area contributed by atoms with Gasteiger partial charge in [0.25, 0.3) is 0 Å². The number of piperidine rings is 1. The Bertz CT molecular complexity index is 900. The van der Waals surface area contributed by atoms with E-state index in [4.69, 9.17) is 9.47 Å². The fourth-order valence-electron chi connectivity index (χ4n) is 4.44. The maximum absolute atomic E-state index is 12.3. The van der Waals surface area contributed by atoms with Crippen molar-refractivity contribution in [1.29, 1.82) is 0 Å². The van der Waals surface area contributed by atoms with Gasteiger partial charge in [-0.05, 0) is 80.9 Å². The topological polar surface area (TPSA) is 56.6 Å². The molecule has 0 bridgehead atoms. The smallest absolute Gasteiger partial charge is 0.410 e. The number of rotatable bonds is 1. The molecule has 158 valence electrons. The lowest BCUT2D eigenvalue weighted by molar-refractivity contribution is -0.124. The van der Waals surface area contributed by atoms with E-state index in [0.717, 1.165) is 35.8 Å². The SMILES string of the molecule is Cc1cn(C2CCC3(CCN(C(=O)OC(C)(C)C)CC3)OC2)c2ncc(Br)cc12. The van der Waals surface area contributed by atoms with Crippen molar-refractivity contribution in [2.24, 2.45) is 0 Å². The molecule has 2 fully saturated rings. The lowest BCUT2D eigenvalue weighted by atomic mass is 9.83. The number of likely N-dealkylation sites (tertiary alicyclic amines) is 1. The summed E-state index contributed by atoms with van der Waals surface area (Å²) in [6.45, 7) is 9.92. The van der Waals surface area contributed by atoms with Gasteiger partial charge in [0.05, 0.1) is 18.2 Å². The monoisotopic (exact) mass is 463 g/mol. The lowest BCUT2D eigenvalue weighted by Crippen LogP contribution is -2.51. The molecule has 0 aromatic carbocycles. The van der Waals surface area contributed by atoms with Crippen LogP contribution in [0, 0.1) is 6.92 Å². The van der Waals surface area contributed by atoms with E-state index in [0.29, 0.717) is 25.7 Å². The summed E-state index contributed by atoms with van der Waals surface area (Å²) in [6, 6.07) is 2.43. The normalized spacial score (nSPS) is 22.2. The van der Waals surface area contributed by atoms with Crippen LogP contribution >= 0.6 is 15.9 Å². The summed E-state index contributed by atoms with van der Waals surface area (Å²) in [6.07, 6.45) is 7.65. The molecule has 1 atom stereocenters. The number of carbonyl (C=O) groups is 1. The minimum Gasteiger partial charge on any atom is -0.444 e. The van der Waals surface area contributed by atoms with E-state index in [1.807, 2.05) is 31.9 Å². The Morgan fingerprint density at radius 2 is 2.03 bits per heavy atom. The van der Waals surface area contributed by atoms with Gasteiger partial charge in [0.1, 0.15) is 11.2 Å². The number of hydrogen-bond acceptors (Lipinski definition) is 4. The van der Waals surface area contributed by atoms with Gasteiger partial charge < -0.3 is 18.9 Å². The van der Waals surface area contributed by atoms with Crippen molar-refractivity contribution < 1.29 is 14.3 Å². The standard InChI is InChI=1S/C22H30BrN3O3/c1-15-13-26(19-18(15)11-16(23)12-24-19)17-5-6-22(28-14-17)7-9-25(10-8-22)20(27)29-21(2,3)4/h11-13,17H,5-10,14H2,1-4H3. The molecule has 2 aromatic heterocycles. The van der Waals surface area contributed by atoms with Crippen LogP contribution in [0.2, 0.25) is 0 Å². The Hall–Kier alpha value is -1.60. The molecule has 6 nitrogen and oxygen atoms in total. The highest BCUT2D eigenvalue weighted by Gasteiger charge is 2.41. The number of pyridine rings is 1. The number of amides is 1. The van der Waals surface area contributed by atoms with Crippen molar-refractivity contribution >= 4 is 33.1 Å². The van der Waals surface area contributed by atoms with Crippen molar-refractivity contribution in [3.05, 3.63) is 28.5 Å². The third kappa shape index (κ3) is 4.31. The van der Waals surface area contributed by atoms with Gasteiger partial charge in [-0.1, -0.05) is 0 Å². The fourth-order valence-corrected chi connectivity index (χ4v) is 4.77. The van der Waals surface area contributed by atoms with Crippen LogP contribution < -0.4 is 0 Å². The molecule has 0 saturated carbocycles. The van der Waals surface area contributed by atoms with Gasteiger partial charge >= 0.3 is 6.09 Å². The molecule has 1 spiro atoms. The van der Waals surface area contributed by atoms with E-state index in [-0.39, 0.29) is 11.7 Å². The van der Waals surface area contributed by atoms with E-state index < -0.39 is 5.60 Å². The highest BCUT2D eigenvalue weighted by molar-refractivity contribution is 9.10. The third-order valence-electron chi connectivity index (χ3n) is 6.07. The van der Waals surface area contributed by atoms with Crippen LogP contribution in [0.5, 0.6) is 0 Å². The second kappa shape index (κ2) is 7.58. The first-order valence-corrected chi connectivity index (χ1v) is 11.2. The first kappa shape index (κ1) is 20.7. The van der Waals surface area contributed by atoms with E-state index in [9.17, 15) is 4.79 Å². The molecule has 29 heavy (non-hydrogen) atoms. The van der Waals surface area contributed by atoms with Crippen LogP contribution in [0.4, 0.5) is 4.79 Å². The molecule has 0 radical (unpaired) electrons. The van der Waals surface area contributed by atoms with Gasteiger partial charge in [-0.15, -0.1) is 0 Å². The van der Waals surface area contributed by atoms with Gasteiger partial charge in [0.2, 0.25) is 0 Å². The highest BCUT2D eigenvalue weighted by Crippen LogP contribution is 2.39. The van der Waals surface area contributed by atoms with Crippen molar-refractivity contribution in [2.45, 2.75) is 70.6 Å². The summed E-state index contributed by atoms with van der Waals surface area (Å²) in [5, 5.41) is 1.19. The Morgan fingerprint density at radius 1 is 1.31 bits per heavy atom. The predicted molar refractivity (Wildman–Crippen MR) is 116 cm³/mol. The van der Waals surface area contributed by atoms with Gasteiger partial charge in [0.15, 0.2) is 0 Å². The van der Waals surface area contributed by atoms with Crippen LogP contribution in [0.25, 0.3) is 11.0 Å². The average Bonchev–Trinajstić information content (AvgIpc) is 2.98. The molecule has 2 aromatic rings. The molecule has 0 N–H and O–H groups in total. The second-order valence-electron chi connectivity index (χ2n) is 9.40. The number of ether oxygens (including phenoxy) is 2. The van der Waals surface area contributed by atoms with E-state index in [1.54, 1.807) is 0 Å². The van der Waals surface area contributed by atoms with Crippen LogP contribution in [-0.2, 0) is 9.47 Å². The summed E-state index contributed by atoms with van der Waals surface area (Å²) in [5.74, 6) is 0. The Morgan fingerprint density at radius 3 is 2.66 bits per heavy atom. The molecule has 7 heteroatoms. The average molecular weight is 464 g/mol. The Balaban J connectivity index is 1.39. The molecule has 2 saturated heterocycles. The van der Waals surface area contributed by atoms with Crippen molar-refractivity contribution in [1.82, 2.24) is 14.5 Å². The van der Waals surface area contributed by atoms with E-state index in [2.05, 4.69) is 44.7 Å². The minimum atomic E-state index is -0.456. The molecule has 1 unspecified atom stereocenters.